The molecule has 1 aromatic carbocycles. The van der Waals surface area contributed by atoms with Gasteiger partial charge in [0.2, 0.25) is 5.91 Å². The molecular formula is C15H24N2O2. The molecule has 0 unspecified atom stereocenters. The van der Waals surface area contributed by atoms with E-state index >= 15 is 0 Å². The van der Waals surface area contributed by atoms with Gasteiger partial charge in [-0.25, -0.2) is 0 Å². The third kappa shape index (κ3) is 4.24. The van der Waals surface area contributed by atoms with Crippen LogP contribution in [0.25, 0.3) is 0 Å². The van der Waals surface area contributed by atoms with Gasteiger partial charge in [0.15, 0.2) is 0 Å². The topological polar surface area (TPSA) is 64.3 Å². The number of primary amides is 1. The molecule has 1 amide bonds. The highest BCUT2D eigenvalue weighted by Crippen LogP contribution is 2.28. The maximum absolute atomic E-state index is 10.7. The van der Waals surface area contributed by atoms with Crippen LogP contribution in [0.2, 0.25) is 0 Å². The largest absolute Gasteiger partial charge is 0.496 e. The van der Waals surface area contributed by atoms with Gasteiger partial charge in [-0.2, -0.15) is 0 Å². The van der Waals surface area contributed by atoms with Crippen LogP contribution >= 0.6 is 0 Å². The molecule has 0 aliphatic heterocycles. The predicted molar refractivity (Wildman–Crippen MR) is 77.5 cm³/mol. The first-order valence-corrected chi connectivity index (χ1v) is 6.57. The SMILES string of the molecule is CCc1cc(C(C)(C)CNCC(N)=O)ccc1OC. The van der Waals surface area contributed by atoms with Crippen LogP contribution in [-0.4, -0.2) is 26.1 Å². The summed E-state index contributed by atoms with van der Waals surface area (Å²) in [5.41, 5.74) is 7.48. The molecule has 0 radical (unpaired) electrons. The summed E-state index contributed by atoms with van der Waals surface area (Å²) in [6.45, 7) is 7.30. The van der Waals surface area contributed by atoms with Gasteiger partial charge in [-0.1, -0.05) is 32.9 Å². The Balaban J connectivity index is 2.85. The number of carbonyl (C=O) groups excluding carboxylic acids is 1. The van der Waals surface area contributed by atoms with Crippen molar-refractivity contribution in [2.75, 3.05) is 20.2 Å². The summed E-state index contributed by atoms with van der Waals surface area (Å²) in [7, 11) is 1.69. The standard InChI is InChI=1S/C15H24N2O2/c1-5-11-8-12(6-7-13(11)19-4)15(2,3)10-17-9-14(16)18/h6-8,17H,5,9-10H2,1-4H3,(H2,16,18). The number of hydrogen-bond donors (Lipinski definition) is 2. The molecule has 0 heterocycles. The summed E-state index contributed by atoms with van der Waals surface area (Å²) in [5, 5.41) is 3.08. The highest BCUT2D eigenvalue weighted by atomic mass is 16.5. The number of amides is 1. The van der Waals surface area contributed by atoms with Crippen molar-refractivity contribution >= 4 is 5.91 Å². The van der Waals surface area contributed by atoms with Crippen molar-refractivity contribution in [3.8, 4) is 5.75 Å². The number of carbonyl (C=O) groups is 1. The third-order valence-electron chi connectivity index (χ3n) is 3.31. The number of ether oxygens (including phenoxy) is 1. The smallest absolute Gasteiger partial charge is 0.231 e. The Hall–Kier alpha value is -1.55. The maximum atomic E-state index is 10.7. The molecule has 0 atom stereocenters. The fourth-order valence-corrected chi connectivity index (χ4v) is 2.08. The van der Waals surface area contributed by atoms with E-state index in [0.29, 0.717) is 6.54 Å². The zero-order valence-electron chi connectivity index (χ0n) is 12.2. The molecule has 0 aliphatic carbocycles. The Morgan fingerprint density at radius 1 is 1.42 bits per heavy atom. The number of nitrogens with two attached hydrogens (primary N) is 1. The molecule has 0 bridgehead atoms. The molecule has 0 saturated carbocycles. The number of benzene rings is 1. The van der Waals surface area contributed by atoms with Crippen molar-refractivity contribution in [3.05, 3.63) is 29.3 Å². The molecule has 0 saturated heterocycles. The third-order valence-corrected chi connectivity index (χ3v) is 3.31. The van der Waals surface area contributed by atoms with Gasteiger partial charge in [-0.15, -0.1) is 0 Å². The Bertz CT molecular complexity index is 442. The van der Waals surface area contributed by atoms with Gasteiger partial charge >= 0.3 is 0 Å². The van der Waals surface area contributed by atoms with Gasteiger partial charge in [0.25, 0.3) is 0 Å². The van der Waals surface area contributed by atoms with Gasteiger partial charge in [0.1, 0.15) is 5.75 Å². The first-order chi connectivity index (χ1) is 8.90. The second-order valence-electron chi connectivity index (χ2n) is 5.33. The fourth-order valence-electron chi connectivity index (χ4n) is 2.08. The second-order valence-corrected chi connectivity index (χ2v) is 5.33. The van der Waals surface area contributed by atoms with E-state index in [1.165, 1.54) is 11.1 Å². The van der Waals surface area contributed by atoms with Crippen molar-refractivity contribution in [2.24, 2.45) is 5.73 Å². The Labute approximate surface area is 115 Å². The molecule has 3 N–H and O–H groups in total. The minimum absolute atomic E-state index is 0.0638. The fraction of sp³-hybridized carbons (Fsp3) is 0.533. The number of aryl methyl sites for hydroxylation is 1. The molecule has 0 aromatic heterocycles. The number of nitrogens with one attached hydrogen (secondary N) is 1. The first kappa shape index (κ1) is 15.5. The maximum Gasteiger partial charge on any atom is 0.231 e. The van der Waals surface area contributed by atoms with Crippen molar-refractivity contribution in [1.29, 1.82) is 0 Å². The first-order valence-electron chi connectivity index (χ1n) is 6.57. The molecular weight excluding hydrogens is 240 g/mol. The Morgan fingerprint density at radius 3 is 2.63 bits per heavy atom. The summed E-state index contributed by atoms with van der Waals surface area (Å²) in [6, 6.07) is 6.25. The van der Waals surface area contributed by atoms with E-state index in [2.05, 4.69) is 38.2 Å². The van der Waals surface area contributed by atoms with Crippen LogP contribution in [-0.2, 0) is 16.6 Å². The van der Waals surface area contributed by atoms with Gasteiger partial charge in [-0.05, 0) is 23.6 Å². The molecule has 0 fully saturated rings. The van der Waals surface area contributed by atoms with Crippen LogP contribution in [0.1, 0.15) is 31.9 Å². The Morgan fingerprint density at radius 2 is 2.11 bits per heavy atom. The molecule has 0 aliphatic rings. The zero-order valence-corrected chi connectivity index (χ0v) is 12.2. The Kier molecular flexibility index (Phi) is 5.36. The lowest BCUT2D eigenvalue weighted by molar-refractivity contribution is -0.117. The predicted octanol–water partition coefficient (Wildman–Crippen LogP) is 1.61. The molecule has 0 spiro atoms. The van der Waals surface area contributed by atoms with Crippen LogP contribution in [0.3, 0.4) is 0 Å². The summed E-state index contributed by atoms with van der Waals surface area (Å²) in [4.78, 5) is 10.7. The van der Waals surface area contributed by atoms with Crippen LogP contribution in [0, 0.1) is 0 Å². The lowest BCUT2D eigenvalue weighted by Crippen LogP contribution is -2.37. The van der Waals surface area contributed by atoms with Crippen LogP contribution in [0.5, 0.6) is 5.75 Å². The van der Waals surface area contributed by atoms with E-state index in [4.69, 9.17) is 10.5 Å². The van der Waals surface area contributed by atoms with E-state index in [0.717, 1.165) is 12.2 Å². The van der Waals surface area contributed by atoms with Crippen molar-refractivity contribution in [3.63, 3.8) is 0 Å². The van der Waals surface area contributed by atoms with Crippen molar-refractivity contribution < 1.29 is 9.53 Å². The molecule has 106 valence electrons. The average molecular weight is 264 g/mol. The van der Waals surface area contributed by atoms with Crippen molar-refractivity contribution in [1.82, 2.24) is 5.32 Å². The molecule has 1 rings (SSSR count). The zero-order chi connectivity index (χ0) is 14.5. The summed E-state index contributed by atoms with van der Waals surface area (Å²) in [6.07, 6.45) is 0.932. The molecule has 4 heteroatoms. The van der Waals surface area contributed by atoms with E-state index in [1.54, 1.807) is 7.11 Å². The van der Waals surface area contributed by atoms with Gasteiger partial charge < -0.3 is 15.8 Å². The number of hydrogen-bond acceptors (Lipinski definition) is 3. The molecule has 19 heavy (non-hydrogen) atoms. The van der Waals surface area contributed by atoms with Gasteiger partial charge in [-0.3, -0.25) is 4.79 Å². The number of rotatable bonds is 7. The van der Waals surface area contributed by atoms with Crippen molar-refractivity contribution in [2.45, 2.75) is 32.6 Å². The summed E-state index contributed by atoms with van der Waals surface area (Å²) in [5.74, 6) is 0.590. The van der Waals surface area contributed by atoms with E-state index in [1.807, 2.05) is 6.07 Å². The quantitative estimate of drug-likeness (QED) is 0.786. The lowest BCUT2D eigenvalue weighted by atomic mass is 9.83. The van der Waals surface area contributed by atoms with Gasteiger partial charge in [0.05, 0.1) is 13.7 Å². The van der Waals surface area contributed by atoms with E-state index in [9.17, 15) is 4.79 Å². The number of methoxy groups -OCH3 is 1. The van der Waals surface area contributed by atoms with E-state index < -0.39 is 0 Å². The second kappa shape index (κ2) is 6.57. The highest BCUT2D eigenvalue weighted by Gasteiger charge is 2.21. The normalized spacial score (nSPS) is 11.4. The van der Waals surface area contributed by atoms with Gasteiger partial charge in [0, 0.05) is 12.0 Å². The van der Waals surface area contributed by atoms with Crippen LogP contribution in [0.4, 0.5) is 0 Å². The van der Waals surface area contributed by atoms with E-state index in [-0.39, 0.29) is 17.9 Å². The average Bonchev–Trinajstić information content (AvgIpc) is 2.37. The minimum Gasteiger partial charge on any atom is -0.496 e. The van der Waals surface area contributed by atoms with Crippen LogP contribution < -0.4 is 15.8 Å². The summed E-state index contributed by atoms with van der Waals surface area (Å²) >= 11 is 0. The van der Waals surface area contributed by atoms with Crippen LogP contribution in [0.15, 0.2) is 18.2 Å². The lowest BCUT2D eigenvalue weighted by Gasteiger charge is -2.26. The summed E-state index contributed by atoms with van der Waals surface area (Å²) < 4.78 is 5.34. The monoisotopic (exact) mass is 264 g/mol. The molecule has 4 nitrogen and oxygen atoms in total. The minimum atomic E-state index is -0.334. The highest BCUT2D eigenvalue weighted by molar-refractivity contribution is 5.75. The molecule has 1 aromatic rings.